The van der Waals surface area contributed by atoms with E-state index in [1.54, 1.807) is 0 Å². The number of carboxylic acids is 1. The van der Waals surface area contributed by atoms with Crippen molar-refractivity contribution in [3.8, 4) is 11.1 Å². The highest BCUT2D eigenvalue weighted by Crippen LogP contribution is 2.29. The predicted molar refractivity (Wildman–Crippen MR) is 147 cm³/mol. The molecule has 1 aliphatic heterocycles. The Morgan fingerprint density at radius 1 is 0.944 bits per heavy atom. The van der Waals surface area contributed by atoms with Crippen molar-refractivity contribution in [3.63, 3.8) is 0 Å². The second kappa shape index (κ2) is 11.0. The Labute approximate surface area is 213 Å². The first-order valence-electron chi connectivity index (χ1n) is 13.3. The number of rotatable bonds is 8. The van der Waals surface area contributed by atoms with Gasteiger partial charge >= 0.3 is 5.97 Å². The van der Waals surface area contributed by atoms with Crippen LogP contribution in [0.2, 0.25) is 0 Å². The molecular weight excluding hydrogens is 446 g/mol. The van der Waals surface area contributed by atoms with E-state index < -0.39 is 5.97 Å². The lowest BCUT2D eigenvalue weighted by molar-refractivity contribution is 0.0697. The molecule has 186 valence electrons. The van der Waals surface area contributed by atoms with Gasteiger partial charge in [-0.15, -0.1) is 0 Å². The number of anilines is 1. The molecule has 36 heavy (non-hydrogen) atoms. The molecule has 0 saturated carbocycles. The van der Waals surface area contributed by atoms with Crippen LogP contribution in [0.15, 0.2) is 66.7 Å². The van der Waals surface area contributed by atoms with Crippen LogP contribution in [-0.4, -0.2) is 33.7 Å². The normalized spacial score (nSPS) is 14.2. The predicted octanol–water partition coefficient (Wildman–Crippen LogP) is 7.17. The van der Waals surface area contributed by atoms with Gasteiger partial charge in [0.25, 0.3) is 0 Å². The van der Waals surface area contributed by atoms with Crippen molar-refractivity contribution in [2.45, 2.75) is 58.4 Å². The summed E-state index contributed by atoms with van der Waals surface area (Å²) in [5.41, 5.74) is 6.38. The first-order valence-corrected chi connectivity index (χ1v) is 13.3. The summed E-state index contributed by atoms with van der Waals surface area (Å²) in [6.45, 7) is 5.01. The van der Waals surface area contributed by atoms with Gasteiger partial charge in [-0.3, -0.25) is 0 Å². The first kappa shape index (κ1) is 24.1. The number of hydrogen-bond donors (Lipinski definition) is 1. The van der Waals surface area contributed by atoms with Crippen LogP contribution in [0.3, 0.4) is 0 Å². The number of aromatic nitrogens is 2. The number of carbonyl (C=O) groups is 1. The van der Waals surface area contributed by atoms with Crippen molar-refractivity contribution < 1.29 is 9.90 Å². The Bertz CT molecular complexity index is 1330. The summed E-state index contributed by atoms with van der Waals surface area (Å²) in [4.78, 5) is 19.7. The molecule has 1 aliphatic rings. The van der Waals surface area contributed by atoms with Crippen LogP contribution in [0.25, 0.3) is 22.2 Å². The molecule has 0 atom stereocenters. The molecule has 1 saturated heterocycles. The second-order valence-corrected chi connectivity index (χ2v) is 9.84. The molecule has 0 radical (unpaired) electrons. The molecular formula is C31H35N3O2. The maximum Gasteiger partial charge on any atom is 0.336 e. The minimum atomic E-state index is -0.902. The van der Waals surface area contributed by atoms with Crippen LogP contribution < -0.4 is 4.90 Å². The fourth-order valence-corrected chi connectivity index (χ4v) is 5.31. The van der Waals surface area contributed by atoms with Crippen molar-refractivity contribution in [1.82, 2.24) is 9.55 Å². The van der Waals surface area contributed by atoms with Crippen molar-refractivity contribution in [2.75, 3.05) is 18.0 Å². The molecule has 0 amide bonds. The summed E-state index contributed by atoms with van der Waals surface area (Å²) in [6.07, 6.45) is 8.20. The van der Waals surface area contributed by atoms with E-state index in [1.807, 2.05) is 42.5 Å². The van der Waals surface area contributed by atoms with Crippen molar-refractivity contribution in [3.05, 3.63) is 83.7 Å². The third-order valence-corrected chi connectivity index (χ3v) is 7.28. The van der Waals surface area contributed by atoms with Gasteiger partial charge < -0.3 is 14.6 Å². The number of aromatic carboxylic acids is 1. The molecule has 0 aliphatic carbocycles. The van der Waals surface area contributed by atoms with E-state index in [2.05, 4.69) is 40.7 Å². The molecule has 2 heterocycles. The highest BCUT2D eigenvalue weighted by atomic mass is 16.4. The lowest BCUT2D eigenvalue weighted by Crippen LogP contribution is -2.23. The maximum atomic E-state index is 12.2. The van der Waals surface area contributed by atoms with E-state index in [0.717, 1.165) is 65.9 Å². The van der Waals surface area contributed by atoms with Crippen LogP contribution in [-0.2, 0) is 13.0 Å². The Kier molecular flexibility index (Phi) is 7.36. The van der Waals surface area contributed by atoms with Gasteiger partial charge in [-0.2, -0.15) is 0 Å². The molecule has 1 N–H and O–H groups in total. The molecule has 4 aromatic rings. The third kappa shape index (κ3) is 5.15. The van der Waals surface area contributed by atoms with E-state index in [1.165, 1.54) is 31.4 Å². The number of unbranched alkanes of at least 4 members (excludes halogenated alkanes) is 1. The van der Waals surface area contributed by atoms with Crippen LogP contribution in [0.4, 0.5) is 5.69 Å². The lowest BCUT2D eigenvalue weighted by Gasteiger charge is -2.23. The molecule has 5 heteroatoms. The number of imidazole rings is 1. The number of nitrogens with zero attached hydrogens (tertiary/aromatic N) is 3. The Morgan fingerprint density at radius 3 is 2.44 bits per heavy atom. The summed E-state index contributed by atoms with van der Waals surface area (Å²) >= 11 is 0. The maximum absolute atomic E-state index is 12.2. The summed E-state index contributed by atoms with van der Waals surface area (Å²) in [7, 11) is 0. The van der Waals surface area contributed by atoms with Gasteiger partial charge in [-0.1, -0.05) is 68.7 Å². The fraction of sp³-hybridized carbons (Fsp3) is 0.355. The van der Waals surface area contributed by atoms with E-state index in [4.69, 9.17) is 4.98 Å². The molecule has 1 fully saturated rings. The Hall–Kier alpha value is -3.60. The van der Waals surface area contributed by atoms with Crippen molar-refractivity contribution >= 4 is 22.7 Å². The Morgan fingerprint density at radius 2 is 1.72 bits per heavy atom. The van der Waals surface area contributed by atoms with Crippen LogP contribution in [0, 0.1) is 0 Å². The average Bonchev–Trinajstić information content (AvgIpc) is 3.06. The van der Waals surface area contributed by atoms with Gasteiger partial charge in [0.15, 0.2) is 0 Å². The topological polar surface area (TPSA) is 58.4 Å². The van der Waals surface area contributed by atoms with Crippen LogP contribution >= 0.6 is 0 Å². The van der Waals surface area contributed by atoms with Gasteiger partial charge in [-0.05, 0) is 60.2 Å². The molecule has 0 spiro atoms. The molecule has 5 rings (SSSR count). The zero-order valence-corrected chi connectivity index (χ0v) is 21.1. The van der Waals surface area contributed by atoms with Crippen molar-refractivity contribution in [1.29, 1.82) is 0 Å². The van der Waals surface area contributed by atoms with E-state index >= 15 is 0 Å². The quantitative estimate of drug-likeness (QED) is 0.290. The number of carboxylic acid groups (broad SMARTS) is 1. The molecule has 5 nitrogen and oxygen atoms in total. The van der Waals surface area contributed by atoms with E-state index in [0.29, 0.717) is 12.1 Å². The van der Waals surface area contributed by atoms with E-state index in [9.17, 15) is 9.90 Å². The highest BCUT2D eigenvalue weighted by Gasteiger charge is 2.17. The minimum absolute atomic E-state index is 0.337. The number of hydrogen-bond acceptors (Lipinski definition) is 3. The third-order valence-electron chi connectivity index (χ3n) is 7.28. The monoisotopic (exact) mass is 481 g/mol. The van der Waals surface area contributed by atoms with E-state index in [-0.39, 0.29) is 0 Å². The second-order valence-electron chi connectivity index (χ2n) is 9.84. The number of benzene rings is 3. The Balaban J connectivity index is 1.54. The zero-order valence-electron chi connectivity index (χ0n) is 21.1. The summed E-state index contributed by atoms with van der Waals surface area (Å²) < 4.78 is 2.30. The molecule has 0 bridgehead atoms. The zero-order chi connectivity index (χ0) is 24.9. The summed E-state index contributed by atoms with van der Waals surface area (Å²) in [6, 6.07) is 22.2. The van der Waals surface area contributed by atoms with Gasteiger partial charge in [0.1, 0.15) is 5.82 Å². The number of aryl methyl sites for hydroxylation is 1. The molecule has 1 aromatic heterocycles. The molecule has 3 aromatic carbocycles. The summed E-state index contributed by atoms with van der Waals surface area (Å²) in [5.74, 6) is 0.171. The van der Waals surface area contributed by atoms with Gasteiger partial charge in [0.2, 0.25) is 0 Å². The number of fused-ring (bicyclic) bond motifs is 1. The molecule has 0 unspecified atom stereocenters. The fourth-order valence-electron chi connectivity index (χ4n) is 5.31. The standard InChI is InChI=1S/C31H35N3O2/c1-2-3-13-30-32-28-17-15-25(33-18-9-4-5-10-19-33)21-29(28)34(30)22-23-14-16-26(27(20-23)31(35)36)24-11-7-6-8-12-24/h6-8,11-12,14-17,20-21H,2-5,9-10,13,18-19,22H2,1H3,(H,35,36). The van der Waals surface area contributed by atoms with Gasteiger partial charge in [0, 0.05) is 31.7 Å². The van der Waals surface area contributed by atoms with Crippen LogP contribution in [0.5, 0.6) is 0 Å². The SMILES string of the molecule is CCCCc1nc2ccc(N3CCCCCC3)cc2n1Cc1ccc(-c2ccccc2)c(C(=O)O)c1. The smallest absolute Gasteiger partial charge is 0.336 e. The minimum Gasteiger partial charge on any atom is -0.478 e. The van der Waals surface area contributed by atoms with Gasteiger partial charge in [0.05, 0.1) is 16.6 Å². The first-order chi connectivity index (χ1) is 17.6. The highest BCUT2D eigenvalue weighted by molar-refractivity contribution is 5.96. The summed E-state index contributed by atoms with van der Waals surface area (Å²) in [5, 5.41) is 10.00. The van der Waals surface area contributed by atoms with Gasteiger partial charge in [-0.25, -0.2) is 9.78 Å². The largest absolute Gasteiger partial charge is 0.478 e. The average molecular weight is 482 g/mol. The lowest BCUT2D eigenvalue weighted by atomic mass is 9.97. The van der Waals surface area contributed by atoms with Crippen LogP contribution in [0.1, 0.15) is 67.2 Å². The van der Waals surface area contributed by atoms with Crippen molar-refractivity contribution in [2.24, 2.45) is 0 Å².